The number of nitrogens with one attached hydrogen (secondary N) is 1. The van der Waals surface area contributed by atoms with Crippen LogP contribution in [0.25, 0.3) is 0 Å². The summed E-state index contributed by atoms with van der Waals surface area (Å²) < 4.78 is 33.6. The van der Waals surface area contributed by atoms with Crippen molar-refractivity contribution in [3.63, 3.8) is 0 Å². The summed E-state index contributed by atoms with van der Waals surface area (Å²) in [7, 11) is 0.420. The second-order valence-electron chi connectivity index (χ2n) is 8.59. The average Bonchev–Trinajstić information content (AvgIpc) is 2.82. The first kappa shape index (κ1) is 28.1. The fourth-order valence-corrected chi connectivity index (χ4v) is 4.59. The SMILES string of the molecule is CCC(C(=O)NC(C)C)N(Cc1ccc(OC)cc1)C(=O)CN(c1ccccc1)S(=O)(=O)N(C)C. The van der Waals surface area contributed by atoms with E-state index in [4.69, 9.17) is 4.74 Å². The number of nitrogens with zero attached hydrogens (tertiary/aromatic N) is 3. The number of rotatable bonds is 12. The molecule has 10 heteroatoms. The van der Waals surface area contributed by atoms with Crippen LogP contribution in [-0.2, 0) is 26.3 Å². The zero-order chi connectivity index (χ0) is 26.2. The Morgan fingerprint density at radius 3 is 2.09 bits per heavy atom. The highest BCUT2D eigenvalue weighted by Gasteiger charge is 2.33. The molecule has 0 aliphatic rings. The third kappa shape index (κ3) is 7.43. The van der Waals surface area contributed by atoms with Gasteiger partial charge in [0, 0.05) is 26.7 Å². The summed E-state index contributed by atoms with van der Waals surface area (Å²) in [5.74, 6) is -0.101. The summed E-state index contributed by atoms with van der Waals surface area (Å²) >= 11 is 0. The number of hydrogen-bond acceptors (Lipinski definition) is 5. The lowest BCUT2D eigenvalue weighted by atomic mass is 10.1. The van der Waals surface area contributed by atoms with Gasteiger partial charge < -0.3 is 15.0 Å². The van der Waals surface area contributed by atoms with Gasteiger partial charge in [-0.25, -0.2) is 4.31 Å². The lowest BCUT2D eigenvalue weighted by Crippen LogP contribution is -2.54. The predicted molar refractivity (Wildman–Crippen MR) is 137 cm³/mol. The van der Waals surface area contributed by atoms with Gasteiger partial charge in [-0.2, -0.15) is 12.7 Å². The minimum atomic E-state index is -3.97. The van der Waals surface area contributed by atoms with E-state index in [0.29, 0.717) is 17.9 Å². The lowest BCUT2D eigenvalue weighted by Gasteiger charge is -2.34. The van der Waals surface area contributed by atoms with Gasteiger partial charge in [-0.1, -0.05) is 37.3 Å². The zero-order valence-corrected chi connectivity index (χ0v) is 22.1. The summed E-state index contributed by atoms with van der Waals surface area (Å²) in [5, 5.41) is 2.87. The molecule has 2 rings (SSSR count). The maximum atomic E-state index is 13.7. The van der Waals surface area contributed by atoms with Gasteiger partial charge in [0.25, 0.3) is 0 Å². The summed E-state index contributed by atoms with van der Waals surface area (Å²) in [6, 6.07) is 14.8. The van der Waals surface area contributed by atoms with Gasteiger partial charge in [-0.3, -0.25) is 9.59 Å². The fourth-order valence-electron chi connectivity index (χ4n) is 3.54. The largest absolute Gasteiger partial charge is 0.497 e. The Morgan fingerprint density at radius 1 is 1.00 bits per heavy atom. The molecule has 1 unspecified atom stereocenters. The number of carbonyl (C=O) groups excluding carboxylic acids is 2. The van der Waals surface area contributed by atoms with Crippen LogP contribution >= 0.6 is 0 Å². The van der Waals surface area contributed by atoms with Gasteiger partial charge in [-0.05, 0) is 50.1 Å². The topological polar surface area (TPSA) is 99.3 Å². The molecule has 2 amide bonds. The zero-order valence-electron chi connectivity index (χ0n) is 21.3. The number of hydrogen-bond donors (Lipinski definition) is 1. The molecule has 35 heavy (non-hydrogen) atoms. The minimum Gasteiger partial charge on any atom is -0.497 e. The summed E-state index contributed by atoms with van der Waals surface area (Å²) in [5.41, 5.74) is 1.15. The van der Waals surface area contributed by atoms with Crippen LogP contribution < -0.4 is 14.4 Å². The van der Waals surface area contributed by atoms with E-state index in [1.54, 1.807) is 49.6 Å². The van der Waals surface area contributed by atoms with Crippen LogP contribution in [0, 0.1) is 0 Å². The van der Waals surface area contributed by atoms with Crippen molar-refractivity contribution in [2.75, 3.05) is 32.1 Å². The molecule has 0 saturated heterocycles. The van der Waals surface area contributed by atoms with Crippen molar-refractivity contribution in [1.82, 2.24) is 14.5 Å². The van der Waals surface area contributed by atoms with Crippen LogP contribution in [0.4, 0.5) is 5.69 Å². The molecule has 9 nitrogen and oxygen atoms in total. The molecule has 0 spiro atoms. The molecule has 0 aliphatic carbocycles. The second-order valence-corrected chi connectivity index (χ2v) is 10.7. The van der Waals surface area contributed by atoms with Gasteiger partial charge in [0.1, 0.15) is 18.3 Å². The number of amides is 2. The number of ether oxygens (including phenoxy) is 1. The molecule has 1 N–H and O–H groups in total. The normalized spacial score (nSPS) is 12.3. The quantitative estimate of drug-likeness (QED) is 0.479. The Balaban J connectivity index is 2.47. The number of para-hydroxylation sites is 1. The highest BCUT2D eigenvalue weighted by molar-refractivity contribution is 7.90. The maximum absolute atomic E-state index is 13.7. The van der Waals surface area contributed by atoms with Crippen LogP contribution in [0.5, 0.6) is 5.75 Å². The molecular formula is C25H36N4O5S. The number of methoxy groups -OCH3 is 1. The first-order valence-corrected chi connectivity index (χ1v) is 12.9. The monoisotopic (exact) mass is 504 g/mol. The van der Waals surface area contributed by atoms with Crippen LogP contribution in [0.2, 0.25) is 0 Å². The summed E-state index contributed by atoms with van der Waals surface area (Å²) in [6.07, 6.45) is 0.367. The van der Waals surface area contributed by atoms with E-state index in [0.717, 1.165) is 14.2 Å². The molecule has 0 saturated carbocycles. The highest BCUT2D eigenvalue weighted by Crippen LogP contribution is 2.21. The van der Waals surface area contributed by atoms with E-state index in [9.17, 15) is 18.0 Å². The molecule has 192 valence electrons. The third-order valence-electron chi connectivity index (χ3n) is 5.39. The number of benzene rings is 2. The molecule has 0 heterocycles. The highest BCUT2D eigenvalue weighted by atomic mass is 32.2. The van der Waals surface area contributed by atoms with E-state index in [1.807, 2.05) is 32.9 Å². The van der Waals surface area contributed by atoms with Crippen molar-refractivity contribution < 1.29 is 22.7 Å². The number of anilines is 1. The number of carbonyl (C=O) groups is 2. The molecule has 0 aromatic heterocycles. The van der Waals surface area contributed by atoms with Gasteiger partial charge in [0.15, 0.2) is 0 Å². The van der Waals surface area contributed by atoms with Crippen molar-refractivity contribution in [2.45, 2.75) is 45.8 Å². The first-order valence-electron chi connectivity index (χ1n) is 11.5. The lowest BCUT2D eigenvalue weighted by molar-refractivity contribution is -0.140. The van der Waals surface area contributed by atoms with Crippen molar-refractivity contribution in [3.8, 4) is 5.75 Å². The molecule has 0 bridgehead atoms. The standard InChI is InChI=1S/C25H36N4O5S/c1-7-23(25(31)26-19(2)3)28(17-20-13-15-22(34-6)16-14-20)24(30)18-29(35(32,33)27(4)5)21-11-9-8-10-12-21/h8-16,19,23H,7,17-18H2,1-6H3,(H,26,31). The summed E-state index contributed by atoms with van der Waals surface area (Å²) in [4.78, 5) is 28.2. The minimum absolute atomic E-state index is 0.107. The van der Waals surface area contributed by atoms with E-state index in [2.05, 4.69) is 5.32 Å². The molecule has 0 fully saturated rings. The van der Waals surface area contributed by atoms with Gasteiger partial charge in [0.2, 0.25) is 11.8 Å². The first-order chi connectivity index (χ1) is 16.5. The van der Waals surface area contributed by atoms with E-state index in [1.165, 1.54) is 19.0 Å². The molecule has 2 aromatic rings. The smallest absolute Gasteiger partial charge is 0.304 e. The Labute approximate surface area is 208 Å². The fraction of sp³-hybridized carbons (Fsp3) is 0.440. The van der Waals surface area contributed by atoms with Crippen molar-refractivity contribution >= 4 is 27.7 Å². The van der Waals surface area contributed by atoms with Gasteiger partial charge in [-0.15, -0.1) is 0 Å². The van der Waals surface area contributed by atoms with E-state index in [-0.39, 0.29) is 18.5 Å². The van der Waals surface area contributed by atoms with Gasteiger partial charge in [0.05, 0.1) is 12.8 Å². The van der Waals surface area contributed by atoms with Crippen LogP contribution in [0.1, 0.15) is 32.8 Å². The molecule has 0 aliphatic heterocycles. The predicted octanol–water partition coefficient (Wildman–Crippen LogP) is 2.64. The van der Waals surface area contributed by atoms with Crippen molar-refractivity contribution in [2.24, 2.45) is 0 Å². The third-order valence-corrected chi connectivity index (χ3v) is 7.21. The molecule has 2 aromatic carbocycles. The molecule has 0 radical (unpaired) electrons. The Bertz CT molecular complexity index is 1070. The summed E-state index contributed by atoms with van der Waals surface area (Å²) in [6.45, 7) is 5.20. The Hall–Kier alpha value is -3.11. The maximum Gasteiger partial charge on any atom is 0.304 e. The van der Waals surface area contributed by atoms with Crippen molar-refractivity contribution in [3.05, 3.63) is 60.2 Å². The molecule has 1 atom stereocenters. The Kier molecular flexibility index (Phi) is 10.1. The van der Waals surface area contributed by atoms with E-state index >= 15 is 0 Å². The Morgan fingerprint density at radius 2 is 1.60 bits per heavy atom. The van der Waals surface area contributed by atoms with Crippen LogP contribution in [0.3, 0.4) is 0 Å². The van der Waals surface area contributed by atoms with Crippen molar-refractivity contribution in [1.29, 1.82) is 0 Å². The van der Waals surface area contributed by atoms with Gasteiger partial charge >= 0.3 is 10.2 Å². The van der Waals surface area contributed by atoms with Crippen LogP contribution in [-0.4, -0.2) is 69.3 Å². The average molecular weight is 505 g/mol. The van der Waals surface area contributed by atoms with E-state index < -0.39 is 28.7 Å². The van der Waals surface area contributed by atoms with Crippen LogP contribution in [0.15, 0.2) is 54.6 Å². The molecular weight excluding hydrogens is 468 g/mol. The second kappa shape index (κ2) is 12.6.